The molecule has 0 aliphatic heterocycles. The summed E-state index contributed by atoms with van der Waals surface area (Å²) < 4.78 is 1.94. The predicted molar refractivity (Wildman–Crippen MR) is 83.1 cm³/mol. The van der Waals surface area contributed by atoms with Gasteiger partial charge in [-0.3, -0.25) is 4.68 Å². The van der Waals surface area contributed by atoms with Crippen molar-refractivity contribution in [3.63, 3.8) is 0 Å². The summed E-state index contributed by atoms with van der Waals surface area (Å²) >= 11 is 12.6. The third-order valence-corrected chi connectivity index (χ3v) is 3.75. The van der Waals surface area contributed by atoms with Gasteiger partial charge in [-0.1, -0.05) is 32.4 Å². The average Bonchev–Trinajstić information content (AvgIpc) is 2.54. The minimum absolute atomic E-state index is 0.137. The van der Waals surface area contributed by atoms with Gasteiger partial charge in [0.25, 0.3) is 0 Å². The molecule has 0 amide bonds. The molecule has 1 unspecified atom stereocenters. The number of aryl methyl sites for hydroxylation is 2. The lowest BCUT2D eigenvalue weighted by Crippen LogP contribution is -2.27. The largest absolute Gasteiger partial charge is 0.310 e. The van der Waals surface area contributed by atoms with Crippen molar-refractivity contribution >= 4 is 23.2 Å². The van der Waals surface area contributed by atoms with Crippen LogP contribution in [0.5, 0.6) is 0 Å². The maximum atomic E-state index is 6.33. The Morgan fingerprint density at radius 2 is 2.00 bits per heavy atom. The number of nitrogens with one attached hydrogen (secondary N) is 1. The zero-order valence-corrected chi connectivity index (χ0v) is 14.1. The second-order valence-electron chi connectivity index (χ2n) is 6.15. The summed E-state index contributed by atoms with van der Waals surface area (Å²) in [4.78, 5) is 0. The molecule has 1 rings (SSSR count). The molecule has 110 valence electrons. The first-order chi connectivity index (χ1) is 8.74. The summed E-state index contributed by atoms with van der Waals surface area (Å²) in [6, 6.07) is 0. The van der Waals surface area contributed by atoms with E-state index in [1.807, 2.05) is 11.6 Å². The molecule has 1 aromatic heterocycles. The van der Waals surface area contributed by atoms with Gasteiger partial charge in [0.1, 0.15) is 0 Å². The van der Waals surface area contributed by atoms with Crippen LogP contribution >= 0.6 is 23.2 Å². The predicted octanol–water partition coefficient (Wildman–Crippen LogP) is 4.00. The minimum atomic E-state index is 0.137. The molecule has 0 saturated carbocycles. The normalized spacial score (nSPS) is 13.8. The average molecular weight is 306 g/mol. The van der Waals surface area contributed by atoms with Crippen LogP contribution in [0.25, 0.3) is 0 Å². The van der Waals surface area contributed by atoms with E-state index in [0.29, 0.717) is 6.54 Å². The third-order valence-electron chi connectivity index (χ3n) is 2.94. The Balaban J connectivity index is 2.49. The summed E-state index contributed by atoms with van der Waals surface area (Å²) in [7, 11) is 0. The molecule has 5 heteroatoms. The Morgan fingerprint density at radius 1 is 1.37 bits per heavy atom. The summed E-state index contributed by atoms with van der Waals surface area (Å²) in [5.41, 5.74) is 2.19. The Kier molecular flexibility index (Phi) is 6.15. The maximum Gasteiger partial charge on any atom is 0.0860 e. The molecule has 0 spiro atoms. The lowest BCUT2D eigenvalue weighted by Gasteiger charge is -2.22. The summed E-state index contributed by atoms with van der Waals surface area (Å²) in [5.74, 6) is 0. The van der Waals surface area contributed by atoms with Gasteiger partial charge in [0, 0.05) is 25.0 Å². The molecule has 19 heavy (non-hydrogen) atoms. The quantitative estimate of drug-likeness (QED) is 0.805. The van der Waals surface area contributed by atoms with E-state index < -0.39 is 0 Å². The van der Waals surface area contributed by atoms with Crippen LogP contribution < -0.4 is 5.32 Å². The highest BCUT2D eigenvalue weighted by atomic mass is 35.5. The van der Waals surface area contributed by atoms with Crippen LogP contribution in [0.15, 0.2) is 0 Å². The number of hydrogen-bond donors (Lipinski definition) is 1. The van der Waals surface area contributed by atoms with Crippen LogP contribution in [-0.2, 0) is 13.1 Å². The fourth-order valence-corrected chi connectivity index (χ4v) is 2.90. The second-order valence-corrected chi connectivity index (χ2v) is 7.15. The summed E-state index contributed by atoms with van der Waals surface area (Å²) in [6.07, 6.45) is 0.987. The second kappa shape index (κ2) is 6.96. The Labute approximate surface area is 126 Å². The zero-order chi connectivity index (χ0) is 14.6. The van der Waals surface area contributed by atoms with Crippen LogP contribution in [0.3, 0.4) is 0 Å². The van der Waals surface area contributed by atoms with Crippen LogP contribution in [0.2, 0.25) is 5.02 Å². The fourth-order valence-electron chi connectivity index (χ4n) is 2.12. The SMILES string of the molecule is CCn1nc(C)c(Cl)c1CNCC(Cl)CC(C)(C)C. The van der Waals surface area contributed by atoms with Crippen molar-refractivity contribution in [2.24, 2.45) is 5.41 Å². The lowest BCUT2D eigenvalue weighted by molar-refractivity contribution is 0.364. The van der Waals surface area contributed by atoms with Gasteiger partial charge in [0.05, 0.1) is 16.4 Å². The standard InChI is InChI=1S/C14H25Cl2N3/c1-6-19-12(13(16)10(2)18-19)9-17-8-11(15)7-14(3,4)5/h11,17H,6-9H2,1-5H3. The minimum Gasteiger partial charge on any atom is -0.310 e. The van der Waals surface area contributed by atoms with Gasteiger partial charge in [-0.15, -0.1) is 11.6 Å². The highest BCUT2D eigenvalue weighted by Gasteiger charge is 2.17. The molecule has 0 aliphatic rings. The number of aromatic nitrogens is 2. The monoisotopic (exact) mass is 305 g/mol. The van der Waals surface area contributed by atoms with Crippen LogP contribution in [-0.4, -0.2) is 21.7 Å². The van der Waals surface area contributed by atoms with Crippen molar-refractivity contribution in [1.82, 2.24) is 15.1 Å². The molecular weight excluding hydrogens is 281 g/mol. The zero-order valence-electron chi connectivity index (χ0n) is 12.6. The molecule has 0 aromatic carbocycles. The molecular formula is C14H25Cl2N3. The number of alkyl halides is 1. The first-order valence-corrected chi connectivity index (χ1v) is 7.62. The van der Waals surface area contributed by atoms with Crippen LogP contribution in [0.1, 0.15) is 45.5 Å². The van der Waals surface area contributed by atoms with Crippen molar-refractivity contribution < 1.29 is 0 Å². The van der Waals surface area contributed by atoms with Crippen molar-refractivity contribution in [3.05, 3.63) is 16.4 Å². The number of hydrogen-bond acceptors (Lipinski definition) is 2. The number of nitrogens with zero attached hydrogens (tertiary/aromatic N) is 2. The smallest absolute Gasteiger partial charge is 0.0860 e. The van der Waals surface area contributed by atoms with Gasteiger partial charge < -0.3 is 5.32 Å². The topological polar surface area (TPSA) is 29.9 Å². The molecule has 1 N–H and O–H groups in total. The first-order valence-electron chi connectivity index (χ1n) is 6.81. The van der Waals surface area contributed by atoms with Crippen molar-refractivity contribution in [3.8, 4) is 0 Å². The van der Waals surface area contributed by atoms with Crippen molar-refractivity contribution in [2.75, 3.05) is 6.54 Å². The molecule has 0 radical (unpaired) electrons. The Hall–Kier alpha value is -0.250. The third kappa shape index (κ3) is 5.33. The molecule has 1 atom stereocenters. The van der Waals surface area contributed by atoms with Crippen LogP contribution in [0, 0.1) is 12.3 Å². The maximum absolute atomic E-state index is 6.33. The van der Waals surface area contributed by atoms with Gasteiger partial charge in [0.15, 0.2) is 0 Å². The van der Waals surface area contributed by atoms with Gasteiger partial charge in [-0.25, -0.2) is 0 Å². The number of rotatable bonds is 6. The molecule has 1 aromatic rings. The molecule has 3 nitrogen and oxygen atoms in total. The molecule has 1 heterocycles. The van der Waals surface area contributed by atoms with Crippen molar-refractivity contribution in [2.45, 2.75) is 59.5 Å². The van der Waals surface area contributed by atoms with E-state index >= 15 is 0 Å². The number of halogens is 2. The van der Waals surface area contributed by atoms with E-state index in [2.05, 4.69) is 38.1 Å². The molecule has 0 saturated heterocycles. The van der Waals surface area contributed by atoms with E-state index in [0.717, 1.165) is 35.9 Å². The molecule has 0 aliphatic carbocycles. The summed E-state index contributed by atoms with van der Waals surface area (Å²) in [5, 5.41) is 8.67. The lowest BCUT2D eigenvalue weighted by atomic mass is 9.90. The van der Waals surface area contributed by atoms with E-state index in [-0.39, 0.29) is 10.8 Å². The van der Waals surface area contributed by atoms with Gasteiger partial charge in [-0.05, 0) is 25.7 Å². The molecule has 0 fully saturated rings. The Morgan fingerprint density at radius 3 is 2.53 bits per heavy atom. The van der Waals surface area contributed by atoms with Crippen LogP contribution in [0.4, 0.5) is 0 Å². The fraction of sp³-hybridized carbons (Fsp3) is 0.786. The van der Waals surface area contributed by atoms with E-state index in [4.69, 9.17) is 23.2 Å². The van der Waals surface area contributed by atoms with Gasteiger partial charge >= 0.3 is 0 Å². The van der Waals surface area contributed by atoms with E-state index in [1.165, 1.54) is 0 Å². The van der Waals surface area contributed by atoms with Gasteiger partial charge in [0.2, 0.25) is 0 Å². The first kappa shape index (κ1) is 16.8. The molecule has 0 bridgehead atoms. The van der Waals surface area contributed by atoms with E-state index in [1.54, 1.807) is 0 Å². The van der Waals surface area contributed by atoms with Crippen molar-refractivity contribution in [1.29, 1.82) is 0 Å². The highest BCUT2D eigenvalue weighted by molar-refractivity contribution is 6.31. The Bertz CT molecular complexity index is 408. The highest BCUT2D eigenvalue weighted by Crippen LogP contribution is 2.23. The van der Waals surface area contributed by atoms with Gasteiger partial charge in [-0.2, -0.15) is 5.10 Å². The van der Waals surface area contributed by atoms with E-state index in [9.17, 15) is 0 Å². The summed E-state index contributed by atoms with van der Waals surface area (Å²) in [6.45, 7) is 12.9.